The van der Waals surface area contributed by atoms with Gasteiger partial charge in [0.2, 0.25) is 0 Å². The summed E-state index contributed by atoms with van der Waals surface area (Å²) in [4.78, 5) is 4.13. The lowest BCUT2D eigenvalue weighted by Gasteiger charge is -2.19. The fraction of sp³-hybridized carbons (Fsp3) is 0.500. The van der Waals surface area contributed by atoms with Gasteiger partial charge >= 0.3 is 0 Å². The van der Waals surface area contributed by atoms with Gasteiger partial charge in [-0.3, -0.25) is 4.99 Å². The number of nitrogens with one attached hydrogen (secondary N) is 2. The first-order chi connectivity index (χ1) is 9.71. The second kappa shape index (κ2) is 9.58. The molecule has 0 aliphatic heterocycles. The van der Waals surface area contributed by atoms with Crippen molar-refractivity contribution in [1.29, 1.82) is 0 Å². The molecule has 6 heteroatoms. The van der Waals surface area contributed by atoms with E-state index >= 15 is 0 Å². The van der Waals surface area contributed by atoms with E-state index < -0.39 is 0 Å². The first-order valence-electron chi connectivity index (χ1n) is 6.43. The quantitative estimate of drug-likeness (QED) is 0.458. The van der Waals surface area contributed by atoms with Crippen LogP contribution in [-0.4, -0.2) is 46.9 Å². The summed E-state index contributed by atoms with van der Waals surface area (Å²) in [6.45, 7) is 1.93. The van der Waals surface area contributed by atoms with Crippen molar-refractivity contribution in [2.75, 3.05) is 41.0 Å². The number of methoxy groups -OCH3 is 2. The first-order valence-corrected chi connectivity index (χ1v) is 6.80. The summed E-state index contributed by atoms with van der Waals surface area (Å²) in [6.07, 6.45) is -0.0883. The molecule has 0 radical (unpaired) electrons. The van der Waals surface area contributed by atoms with Crippen LogP contribution in [0.5, 0.6) is 0 Å². The zero-order valence-corrected chi connectivity index (χ0v) is 12.9. The summed E-state index contributed by atoms with van der Waals surface area (Å²) < 4.78 is 10.5. The Hall–Kier alpha value is -1.30. The normalized spacial score (nSPS) is 13.1. The van der Waals surface area contributed by atoms with Crippen LogP contribution in [0.15, 0.2) is 29.3 Å². The third-order valence-electron chi connectivity index (χ3n) is 2.78. The number of nitrogens with zero attached hydrogens (tertiary/aromatic N) is 1. The summed E-state index contributed by atoms with van der Waals surface area (Å²) in [5, 5.41) is 7.06. The fourth-order valence-corrected chi connectivity index (χ4v) is 1.92. The third-order valence-corrected chi connectivity index (χ3v) is 3.02. The molecule has 0 aliphatic carbocycles. The highest BCUT2D eigenvalue weighted by Gasteiger charge is 2.11. The number of rotatable bonds is 7. The Morgan fingerprint density at radius 3 is 2.75 bits per heavy atom. The van der Waals surface area contributed by atoms with Gasteiger partial charge in [0.05, 0.1) is 12.7 Å². The molecule has 1 unspecified atom stereocenters. The van der Waals surface area contributed by atoms with Crippen molar-refractivity contribution in [3.8, 4) is 0 Å². The Kier molecular flexibility index (Phi) is 8.02. The Morgan fingerprint density at radius 2 is 2.15 bits per heavy atom. The average molecular weight is 300 g/mol. The van der Waals surface area contributed by atoms with Crippen LogP contribution in [0.4, 0.5) is 0 Å². The van der Waals surface area contributed by atoms with Gasteiger partial charge in [-0.15, -0.1) is 0 Å². The van der Waals surface area contributed by atoms with Crippen molar-refractivity contribution < 1.29 is 9.47 Å². The van der Waals surface area contributed by atoms with E-state index in [1.165, 1.54) is 0 Å². The van der Waals surface area contributed by atoms with Crippen LogP contribution in [0.2, 0.25) is 5.02 Å². The molecule has 0 spiro atoms. The van der Waals surface area contributed by atoms with Gasteiger partial charge in [-0.05, 0) is 17.7 Å². The second-order valence-corrected chi connectivity index (χ2v) is 4.59. The molecule has 1 rings (SSSR count). The molecule has 0 heterocycles. The molecule has 0 fully saturated rings. The van der Waals surface area contributed by atoms with Gasteiger partial charge in [0.25, 0.3) is 0 Å². The lowest BCUT2D eigenvalue weighted by Crippen LogP contribution is -2.40. The predicted molar refractivity (Wildman–Crippen MR) is 82.4 cm³/mol. The van der Waals surface area contributed by atoms with E-state index in [2.05, 4.69) is 15.6 Å². The SMILES string of the molecule is CN=C(NCCOC)NCC(OC)c1cccc(Cl)c1. The average Bonchev–Trinajstić information content (AvgIpc) is 2.46. The highest BCUT2D eigenvalue weighted by Crippen LogP contribution is 2.19. The zero-order chi connectivity index (χ0) is 14.8. The van der Waals surface area contributed by atoms with Crippen molar-refractivity contribution in [3.63, 3.8) is 0 Å². The lowest BCUT2D eigenvalue weighted by atomic mass is 10.1. The van der Waals surface area contributed by atoms with E-state index in [9.17, 15) is 0 Å². The molecular formula is C14H22ClN3O2. The minimum atomic E-state index is -0.0883. The van der Waals surface area contributed by atoms with Crippen LogP contribution >= 0.6 is 11.6 Å². The molecule has 2 N–H and O–H groups in total. The zero-order valence-electron chi connectivity index (χ0n) is 12.1. The van der Waals surface area contributed by atoms with Crippen molar-refractivity contribution in [2.45, 2.75) is 6.10 Å². The highest BCUT2D eigenvalue weighted by atomic mass is 35.5. The Morgan fingerprint density at radius 1 is 1.35 bits per heavy atom. The number of hydrogen-bond donors (Lipinski definition) is 2. The van der Waals surface area contributed by atoms with Crippen LogP contribution in [0.25, 0.3) is 0 Å². The number of ether oxygens (including phenoxy) is 2. The van der Waals surface area contributed by atoms with E-state index in [0.717, 1.165) is 5.56 Å². The van der Waals surface area contributed by atoms with E-state index in [4.69, 9.17) is 21.1 Å². The number of aliphatic imine (C=N–C) groups is 1. The molecule has 0 saturated carbocycles. The van der Waals surface area contributed by atoms with E-state index in [0.29, 0.717) is 30.7 Å². The molecule has 0 aromatic heterocycles. The largest absolute Gasteiger partial charge is 0.383 e. The molecule has 0 bridgehead atoms. The van der Waals surface area contributed by atoms with Gasteiger partial charge in [0, 0.05) is 39.4 Å². The molecule has 20 heavy (non-hydrogen) atoms. The van der Waals surface area contributed by atoms with Gasteiger partial charge in [-0.2, -0.15) is 0 Å². The number of hydrogen-bond acceptors (Lipinski definition) is 3. The number of benzene rings is 1. The maximum absolute atomic E-state index is 5.99. The second-order valence-electron chi connectivity index (χ2n) is 4.15. The molecule has 0 saturated heterocycles. The first kappa shape index (κ1) is 16.8. The van der Waals surface area contributed by atoms with Crippen molar-refractivity contribution in [3.05, 3.63) is 34.9 Å². The van der Waals surface area contributed by atoms with Crippen LogP contribution in [0, 0.1) is 0 Å². The smallest absolute Gasteiger partial charge is 0.191 e. The summed E-state index contributed by atoms with van der Waals surface area (Å²) in [7, 11) is 5.07. The van der Waals surface area contributed by atoms with Gasteiger partial charge in [-0.25, -0.2) is 0 Å². The van der Waals surface area contributed by atoms with Gasteiger partial charge < -0.3 is 20.1 Å². The Bertz CT molecular complexity index is 427. The monoisotopic (exact) mass is 299 g/mol. The van der Waals surface area contributed by atoms with Crippen molar-refractivity contribution in [2.24, 2.45) is 4.99 Å². The maximum atomic E-state index is 5.99. The molecule has 1 aromatic rings. The summed E-state index contributed by atoms with van der Waals surface area (Å²) in [5.74, 6) is 0.714. The summed E-state index contributed by atoms with van der Waals surface area (Å²) >= 11 is 5.99. The lowest BCUT2D eigenvalue weighted by molar-refractivity contribution is 0.106. The highest BCUT2D eigenvalue weighted by molar-refractivity contribution is 6.30. The molecular weight excluding hydrogens is 278 g/mol. The van der Waals surface area contributed by atoms with E-state index in [1.54, 1.807) is 21.3 Å². The topological polar surface area (TPSA) is 54.9 Å². The molecule has 1 aromatic carbocycles. The standard InChI is InChI=1S/C14H22ClN3O2/c1-16-14(17-7-8-19-2)18-10-13(20-3)11-5-4-6-12(15)9-11/h4-6,9,13H,7-8,10H2,1-3H3,(H2,16,17,18). The molecule has 0 aliphatic rings. The minimum Gasteiger partial charge on any atom is -0.383 e. The predicted octanol–water partition coefficient (Wildman–Crippen LogP) is 1.84. The number of guanidine groups is 1. The Labute approximate surface area is 125 Å². The fourth-order valence-electron chi connectivity index (χ4n) is 1.73. The molecule has 112 valence electrons. The third kappa shape index (κ3) is 5.77. The van der Waals surface area contributed by atoms with Crippen molar-refractivity contribution in [1.82, 2.24) is 10.6 Å². The van der Waals surface area contributed by atoms with Crippen molar-refractivity contribution >= 4 is 17.6 Å². The van der Waals surface area contributed by atoms with Gasteiger partial charge in [0.15, 0.2) is 5.96 Å². The van der Waals surface area contributed by atoms with E-state index in [-0.39, 0.29) is 6.10 Å². The summed E-state index contributed by atoms with van der Waals surface area (Å²) in [6, 6.07) is 7.65. The van der Waals surface area contributed by atoms with Crippen LogP contribution in [-0.2, 0) is 9.47 Å². The van der Waals surface area contributed by atoms with Crippen LogP contribution < -0.4 is 10.6 Å². The maximum Gasteiger partial charge on any atom is 0.191 e. The van der Waals surface area contributed by atoms with Gasteiger partial charge in [-0.1, -0.05) is 23.7 Å². The molecule has 0 amide bonds. The van der Waals surface area contributed by atoms with Crippen LogP contribution in [0.3, 0.4) is 0 Å². The molecule has 5 nitrogen and oxygen atoms in total. The number of halogens is 1. The summed E-state index contributed by atoms with van der Waals surface area (Å²) in [5.41, 5.74) is 1.03. The molecule has 1 atom stereocenters. The van der Waals surface area contributed by atoms with Crippen LogP contribution in [0.1, 0.15) is 11.7 Å². The Balaban J connectivity index is 2.52. The van der Waals surface area contributed by atoms with Gasteiger partial charge in [0.1, 0.15) is 0 Å². The van der Waals surface area contributed by atoms with E-state index in [1.807, 2.05) is 24.3 Å². The minimum absolute atomic E-state index is 0.0883.